The Morgan fingerprint density at radius 1 is 1.00 bits per heavy atom. The maximum Gasteiger partial charge on any atom is 0 e. The first-order chi connectivity index (χ1) is 0. The van der Waals surface area contributed by atoms with Gasteiger partial charge in [0.05, 0.1) is 0 Å². The van der Waals surface area contributed by atoms with Crippen molar-refractivity contribution in [3.63, 3.8) is 0 Å². The van der Waals surface area contributed by atoms with Gasteiger partial charge in [0.25, 0.3) is 0 Å². The van der Waals surface area contributed by atoms with Crippen LogP contribution in [0.25, 0.3) is 0 Å². The predicted octanol–water partition coefficient (Wildman–Crippen LogP) is -1.68. The van der Waals surface area contributed by atoms with Crippen molar-refractivity contribution in [2.24, 2.45) is 0 Å². The number of rotatable bonds is 0. The first kappa shape index (κ1) is 82.1. The fourth-order valence-corrected chi connectivity index (χ4v) is 0. The van der Waals surface area contributed by atoms with Gasteiger partial charge in [0.1, 0.15) is 0 Å². The molecule has 38 valence electrons. The molecular weight excluding hydrogens is 440 g/mol. The Hall–Kier alpha value is 1.58. The quantitative estimate of drug-likeness (QED) is 0.443. The van der Waals surface area contributed by atoms with Gasteiger partial charge < -0.3 is 6.15 Å². The molecule has 0 bridgehead atoms. The predicted molar refractivity (Wildman–Crippen MR) is 22.1 cm³/mol. The van der Waals surface area contributed by atoms with E-state index < -0.39 is 0 Å². The molecule has 0 heterocycles. The molecule has 0 aliphatic rings. The summed E-state index contributed by atoms with van der Waals surface area (Å²) in [5, 5.41) is 0. The van der Waals surface area contributed by atoms with Crippen LogP contribution in [0.2, 0.25) is 0 Å². The summed E-state index contributed by atoms with van der Waals surface area (Å²) >= 11 is 0. The summed E-state index contributed by atoms with van der Waals surface area (Å²) in [6.07, 6.45) is 0. The van der Waals surface area contributed by atoms with Gasteiger partial charge in [0, 0.05) is 49.6 Å². The molecule has 5 heavy (non-hydrogen) atoms. The third-order valence-corrected chi connectivity index (χ3v) is 0. The molecule has 0 fully saturated rings. The molecule has 3 N–H and O–H groups in total. The normalized spacial score (nSPS) is 0. The topological polar surface area (TPSA) is 35.0 Å². The van der Waals surface area contributed by atoms with E-state index in [0.29, 0.717) is 0 Å². The van der Waals surface area contributed by atoms with Crippen molar-refractivity contribution in [1.29, 1.82) is 0 Å². The van der Waals surface area contributed by atoms with Crippen molar-refractivity contribution in [3.05, 3.63) is 0 Å². The van der Waals surface area contributed by atoms with E-state index in [4.69, 9.17) is 0 Å². The molecule has 4 radical (unpaired) electrons. The van der Waals surface area contributed by atoms with Crippen LogP contribution in [-0.4, -0.2) is 19.4 Å². The van der Waals surface area contributed by atoms with Crippen LogP contribution in [0.15, 0.2) is 0 Å². The summed E-state index contributed by atoms with van der Waals surface area (Å²) in [6.45, 7) is 0. The summed E-state index contributed by atoms with van der Waals surface area (Å²) in [7, 11) is 0. The van der Waals surface area contributed by atoms with E-state index >= 15 is 0 Å². The van der Waals surface area contributed by atoms with E-state index in [-0.39, 0.29) is 66.7 Å². The third-order valence-electron chi connectivity index (χ3n) is 0. The average molecular weight is 447 g/mol. The Morgan fingerprint density at radius 2 is 1.00 bits per heavy atom. The van der Waals surface area contributed by atoms with E-state index in [0.717, 1.165) is 0 Å². The molecule has 0 aliphatic carbocycles. The minimum atomic E-state index is 0. The van der Waals surface area contributed by atoms with Gasteiger partial charge in [-0.3, -0.25) is 0 Å². The van der Waals surface area contributed by atoms with Crippen LogP contribution >= 0.6 is 0 Å². The Kier molecular flexibility index (Phi) is 770. The maximum absolute atomic E-state index is 0. The molecular formula is H7BIrNPtSi. The first-order valence-corrected chi connectivity index (χ1v) is 0. The molecule has 5 heteroatoms. The Morgan fingerprint density at radius 3 is 1.00 bits per heavy atom. The molecule has 0 aromatic rings. The minimum Gasteiger partial charge on any atom is -0.344 e. The van der Waals surface area contributed by atoms with E-state index in [1.54, 1.807) is 0 Å². The van der Waals surface area contributed by atoms with Crippen LogP contribution in [0, 0.1) is 0 Å². The molecule has 0 saturated carbocycles. The Labute approximate surface area is 66.5 Å². The van der Waals surface area contributed by atoms with Crippen LogP contribution < -0.4 is 6.15 Å². The van der Waals surface area contributed by atoms with Crippen molar-refractivity contribution in [2.75, 3.05) is 0 Å². The van der Waals surface area contributed by atoms with E-state index in [2.05, 4.69) is 0 Å². The maximum atomic E-state index is 0. The molecule has 0 aromatic heterocycles. The number of hydrogen-bond acceptors (Lipinski definition) is 1. The molecule has 0 rings (SSSR count). The summed E-state index contributed by atoms with van der Waals surface area (Å²) in [4.78, 5) is 0. The van der Waals surface area contributed by atoms with Gasteiger partial charge in [-0.25, -0.2) is 0 Å². The second-order valence-electron chi connectivity index (χ2n) is 0. The smallest absolute Gasteiger partial charge is 0 e. The van der Waals surface area contributed by atoms with Crippen molar-refractivity contribution < 1.29 is 41.2 Å². The first-order valence-electron chi connectivity index (χ1n) is 0. The molecule has 0 atom stereocenters. The van der Waals surface area contributed by atoms with Gasteiger partial charge >= 0.3 is 0 Å². The fraction of sp³-hybridized carbons (Fsp3) is 0. The molecule has 0 aliphatic heterocycles. The monoisotopic (exact) mass is 448 g/mol. The Balaban J connectivity index is 0. The van der Waals surface area contributed by atoms with Crippen molar-refractivity contribution in [2.45, 2.75) is 0 Å². The minimum absolute atomic E-state index is 0. The van der Waals surface area contributed by atoms with Crippen LogP contribution in [0.4, 0.5) is 0 Å². The summed E-state index contributed by atoms with van der Waals surface area (Å²) < 4.78 is 0. The molecule has 0 spiro atoms. The van der Waals surface area contributed by atoms with Gasteiger partial charge in [0.15, 0.2) is 0 Å². The average Bonchev–Trinajstić information content (AvgIpc) is 0. The zero-order chi connectivity index (χ0) is 0. The largest absolute Gasteiger partial charge is 0.344 e. The molecule has 0 amide bonds. The summed E-state index contributed by atoms with van der Waals surface area (Å²) in [5.74, 6) is 0. The SMILES string of the molecule is N.[B].[Ir].[Pt].[SiH4]. The van der Waals surface area contributed by atoms with Gasteiger partial charge in [0.2, 0.25) is 0 Å². The van der Waals surface area contributed by atoms with Crippen LogP contribution in [0.3, 0.4) is 0 Å². The summed E-state index contributed by atoms with van der Waals surface area (Å²) in [6, 6.07) is 0. The van der Waals surface area contributed by atoms with Gasteiger partial charge in [-0.05, 0) is 11.0 Å². The van der Waals surface area contributed by atoms with Crippen LogP contribution in [0.5, 0.6) is 0 Å². The van der Waals surface area contributed by atoms with Crippen molar-refractivity contribution >= 4 is 19.4 Å². The second kappa shape index (κ2) is 46.9. The zero-order valence-corrected chi connectivity index (χ0v) is 6.60. The third kappa shape index (κ3) is 28.7. The van der Waals surface area contributed by atoms with E-state index in [1.165, 1.54) is 0 Å². The standard InChI is InChI=1S/B.Ir.H3N.Pt.H4Si/h;;1H3;;1H4. The van der Waals surface area contributed by atoms with Crippen LogP contribution in [0.1, 0.15) is 0 Å². The Bertz CT molecular complexity index is 11.6. The van der Waals surface area contributed by atoms with Gasteiger partial charge in [-0.15, -0.1) is 0 Å². The van der Waals surface area contributed by atoms with Crippen LogP contribution in [-0.2, 0) is 41.2 Å². The van der Waals surface area contributed by atoms with E-state index in [1.807, 2.05) is 0 Å². The van der Waals surface area contributed by atoms with Crippen molar-refractivity contribution in [3.8, 4) is 0 Å². The summed E-state index contributed by atoms with van der Waals surface area (Å²) in [5.41, 5.74) is 0. The van der Waals surface area contributed by atoms with Gasteiger partial charge in [-0.1, -0.05) is 0 Å². The van der Waals surface area contributed by atoms with E-state index in [9.17, 15) is 0 Å². The second-order valence-corrected chi connectivity index (χ2v) is 0. The molecule has 0 unspecified atom stereocenters. The van der Waals surface area contributed by atoms with Gasteiger partial charge in [-0.2, -0.15) is 0 Å². The van der Waals surface area contributed by atoms with Crippen molar-refractivity contribution in [1.82, 2.24) is 6.15 Å². The zero-order valence-electron chi connectivity index (χ0n) is 1.93. The fourth-order valence-electron chi connectivity index (χ4n) is 0. The molecule has 0 saturated heterocycles. The molecule has 1 nitrogen and oxygen atoms in total. The number of hydrogen-bond donors (Lipinski definition) is 1. The molecule has 0 aromatic carbocycles.